The van der Waals surface area contributed by atoms with Crippen LogP contribution in [0.1, 0.15) is 28.4 Å². The SMILES string of the molecule is CC(=O)Nc1ccc(-c2cn(-c3cccc(C(=O)Nc4cc(C(F)(F)F)cc(C(F)(F)F)c4)c3)nn2)cn1. The van der Waals surface area contributed by atoms with Crippen LogP contribution in [0.25, 0.3) is 16.9 Å². The van der Waals surface area contributed by atoms with Crippen molar-refractivity contribution in [2.45, 2.75) is 19.3 Å². The summed E-state index contributed by atoms with van der Waals surface area (Å²) in [7, 11) is 0. The third-order valence-corrected chi connectivity index (χ3v) is 5.08. The van der Waals surface area contributed by atoms with Crippen molar-refractivity contribution in [2.24, 2.45) is 0 Å². The second-order valence-electron chi connectivity index (χ2n) is 7.96. The molecule has 0 atom stereocenters. The number of rotatable bonds is 5. The van der Waals surface area contributed by atoms with Crippen molar-refractivity contribution in [1.82, 2.24) is 20.0 Å². The van der Waals surface area contributed by atoms with Gasteiger partial charge >= 0.3 is 12.4 Å². The first-order valence-electron chi connectivity index (χ1n) is 10.7. The molecule has 0 saturated heterocycles. The van der Waals surface area contributed by atoms with E-state index in [1.807, 2.05) is 0 Å². The summed E-state index contributed by atoms with van der Waals surface area (Å²) in [5, 5.41) is 12.6. The maximum atomic E-state index is 13.1. The van der Waals surface area contributed by atoms with Crippen molar-refractivity contribution >= 4 is 23.3 Å². The van der Waals surface area contributed by atoms with Crippen LogP contribution in [0.3, 0.4) is 0 Å². The Morgan fingerprint density at radius 3 is 2.13 bits per heavy atom. The Morgan fingerprint density at radius 2 is 1.55 bits per heavy atom. The Hall–Kier alpha value is -4.75. The summed E-state index contributed by atoms with van der Waals surface area (Å²) in [5.74, 6) is -0.873. The highest BCUT2D eigenvalue weighted by Gasteiger charge is 2.37. The highest BCUT2D eigenvalue weighted by atomic mass is 19.4. The van der Waals surface area contributed by atoms with Crippen molar-refractivity contribution < 1.29 is 35.9 Å². The molecule has 0 unspecified atom stereocenters. The number of halogens is 6. The first-order valence-corrected chi connectivity index (χ1v) is 10.7. The summed E-state index contributed by atoms with van der Waals surface area (Å²) >= 11 is 0. The minimum Gasteiger partial charge on any atom is -0.322 e. The molecular weight excluding hydrogens is 518 g/mol. The van der Waals surface area contributed by atoms with Crippen molar-refractivity contribution in [3.05, 3.63) is 83.7 Å². The van der Waals surface area contributed by atoms with E-state index in [4.69, 9.17) is 0 Å². The molecule has 8 nitrogen and oxygen atoms in total. The lowest BCUT2D eigenvalue weighted by Crippen LogP contribution is -2.16. The van der Waals surface area contributed by atoms with Gasteiger partial charge in [-0.05, 0) is 48.5 Å². The fourth-order valence-electron chi connectivity index (χ4n) is 3.34. The molecular formula is C24H16F6N6O2. The summed E-state index contributed by atoms with van der Waals surface area (Å²) < 4.78 is 80.0. The molecule has 0 aliphatic rings. The quantitative estimate of drug-likeness (QED) is 0.326. The summed E-state index contributed by atoms with van der Waals surface area (Å²) in [5.41, 5.74) is -2.49. The third-order valence-electron chi connectivity index (χ3n) is 5.08. The topological polar surface area (TPSA) is 102 Å². The predicted molar refractivity (Wildman–Crippen MR) is 123 cm³/mol. The van der Waals surface area contributed by atoms with E-state index in [0.29, 0.717) is 34.9 Å². The molecule has 0 spiro atoms. The van der Waals surface area contributed by atoms with Gasteiger partial charge in [0.25, 0.3) is 5.91 Å². The van der Waals surface area contributed by atoms with Crippen molar-refractivity contribution in [1.29, 1.82) is 0 Å². The van der Waals surface area contributed by atoms with E-state index in [1.54, 1.807) is 18.2 Å². The van der Waals surface area contributed by atoms with Crippen LogP contribution >= 0.6 is 0 Å². The number of benzene rings is 2. The molecule has 14 heteroatoms. The summed E-state index contributed by atoms with van der Waals surface area (Å²) in [6, 6.07) is 9.74. The zero-order chi connectivity index (χ0) is 27.7. The van der Waals surface area contributed by atoms with Gasteiger partial charge in [0.05, 0.1) is 23.0 Å². The Morgan fingerprint density at radius 1 is 0.868 bits per heavy atom. The number of aromatic nitrogens is 4. The molecule has 0 aliphatic heterocycles. The molecule has 38 heavy (non-hydrogen) atoms. The van der Waals surface area contributed by atoms with Crippen LogP contribution in [0.15, 0.2) is 67.0 Å². The van der Waals surface area contributed by atoms with E-state index in [1.165, 1.54) is 42.2 Å². The molecule has 2 aromatic carbocycles. The van der Waals surface area contributed by atoms with Gasteiger partial charge in [-0.1, -0.05) is 11.3 Å². The highest BCUT2D eigenvalue weighted by Crippen LogP contribution is 2.37. The molecule has 4 aromatic rings. The Bertz CT molecular complexity index is 1460. The van der Waals surface area contributed by atoms with E-state index in [2.05, 4.69) is 25.9 Å². The monoisotopic (exact) mass is 534 g/mol. The number of nitrogens with one attached hydrogen (secondary N) is 2. The normalized spacial score (nSPS) is 11.8. The number of nitrogens with zero attached hydrogens (tertiary/aromatic N) is 4. The number of anilines is 2. The summed E-state index contributed by atoms with van der Waals surface area (Å²) in [4.78, 5) is 27.9. The van der Waals surface area contributed by atoms with Crippen LogP contribution in [-0.2, 0) is 17.1 Å². The number of pyridine rings is 1. The molecule has 0 saturated carbocycles. The number of carbonyl (C=O) groups excluding carboxylic acids is 2. The van der Waals surface area contributed by atoms with Gasteiger partial charge in [0, 0.05) is 29.9 Å². The van der Waals surface area contributed by atoms with Crippen LogP contribution in [0.4, 0.5) is 37.8 Å². The molecule has 2 N–H and O–H groups in total. The Balaban J connectivity index is 1.56. The highest BCUT2D eigenvalue weighted by molar-refractivity contribution is 6.04. The van der Waals surface area contributed by atoms with Crippen LogP contribution in [0.5, 0.6) is 0 Å². The van der Waals surface area contributed by atoms with E-state index in [-0.39, 0.29) is 17.5 Å². The van der Waals surface area contributed by atoms with Gasteiger partial charge in [0.1, 0.15) is 11.5 Å². The molecule has 0 aliphatic carbocycles. The fraction of sp³-hybridized carbons (Fsp3) is 0.125. The van der Waals surface area contributed by atoms with E-state index in [9.17, 15) is 35.9 Å². The standard InChI is InChI=1S/C24H16F6N6O2/c1-13(37)32-21-6-5-15(11-31-21)20-12-36(35-34-20)19-4-2-3-14(7-19)22(38)33-18-9-16(23(25,26)27)8-17(10-18)24(28,29)30/h2-12H,1H3,(H,33,38)(H,31,32,37). The molecule has 0 fully saturated rings. The minimum atomic E-state index is -5.05. The first-order chi connectivity index (χ1) is 17.8. The first kappa shape index (κ1) is 26.3. The number of hydrogen-bond donors (Lipinski definition) is 2. The molecule has 0 radical (unpaired) electrons. The van der Waals surface area contributed by atoms with Crippen LogP contribution in [0.2, 0.25) is 0 Å². The number of carbonyl (C=O) groups is 2. The zero-order valence-corrected chi connectivity index (χ0v) is 19.2. The van der Waals surface area contributed by atoms with Gasteiger partial charge in [-0.2, -0.15) is 26.3 Å². The molecule has 0 bridgehead atoms. The van der Waals surface area contributed by atoms with Gasteiger partial charge in [-0.15, -0.1) is 5.10 Å². The average Bonchev–Trinajstić information content (AvgIpc) is 3.33. The number of alkyl halides is 6. The maximum Gasteiger partial charge on any atom is 0.416 e. The Labute approximate surface area is 210 Å². The van der Waals surface area contributed by atoms with Gasteiger partial charge < -0.3 is 10.6 Å². The van der Waals surface area contributed by atoms with E-state index >= 15 is 0 Å². The van der Waals surface area contributed by atoms with Gasteiger partial charge in [0.15, 0.2) is 0 Å². The lowest BCUT2D eigenvalue weighted by Gasteiger charge is -2.15. The van der Waals surface area contributed by atoms with E-state index in [0.717, 1.165) is 0 Å². The molecule has 4 rings (SSSR count). The summed E-state index contributed by atoms with van der Waals surface area (Å²) in [6.07, 6.45) is -7.11. The minimum absolute atomic E-state index is 0.0263. The third kappa shape index (κ3) is 6.14. The maximum absolute atomic E-state index is 13.1. The van der Waals surface area contributed by atoms with Gasteiger partial charge in [-0.25, -0.2) is 9.67 Å². The average molecular weight is 534 g/mol. The summed E-state index contributed by atoms with van der Waals surface area (Å²) in [6.45, 7) is 1.34. The lowest BCUT2D eigenvalue weighted by molar-refractivity contribution is -0.143. The second-order valence-corrected chi connectivity index (χ2v) is 7.96. The molecule has 2 heterocycles. The van der Waals surface area contributed by atoms with E-state index < -0.39 is 35.1 Å². The van der Waals surface area contributed by atoms with Gasteiger partial charge in [-0.3, -0.25) is 9.59 Å². The molecule has 196 valence electrons. The van der Waals surface area contributed by atoms with Crippen molar-refractivity contribution in [3.63, 3.8) is 0 Å². The van der Waals surface area contributed by atoms with Crippen LogP contribution in [0, 0.1) is 0 Å². The Kier molecular flexibility index (Phi) is 6.89. The molecule has 2 aromatic heterocycles. The zero-order valence-electron chi connectivity index (χ0n) is 19.2. The fourth-order valence-corrected chi connectivity index (χ4v) is 3.34. The largest absolute Gasteiger partial charge is 0.416 e. The van der Waals surface area contributed by atoms with Crippen LogP contribution < -0.4 is 10.6 Å². The lowest BCUT2D eigenvalue weighted by atomic mass is 10.1. The van der Waals surface area contributed by atoms with Crippen LogP contribution in [-0.4, -0.2) is 31.8 Å². The van der Waals surface area contributed by atoms with Crippen molar-refractivity contribution in [2.75, 3.05) is 10.6 Å². The van der Waals surface area contributed by atoms with Gasteiger partial charge in [0.2, 0.25) is 5.91 Å². The smallest absolute Gasteiger partial charge is 0.322 e. The number of amides is 2. The van der Waals surface area contributed by atoms with Crippen molar-refractivity contribution in [3.8, 4) is 16.9 Å². The molecule has 2 amide bonds. The number of hydrogen-bond acceptors (Lipinski definition) is 5. The predicted octanol–water partition coefficient (Wildman–Crippen LogP) is 5.58. The second kappa shape index (κ2) is 9.95.